The first kappa shape index (κ1) is 17.8. The Morgan fingerprint density at radius 2 is 2.08 bits per heavy atom. The van der Waals surface area contributed by atoms with Crippen LogP contribution in [-0.4, -0.2) is 22.4 Å². The molecule has 0 aliphatic rings. The molecule has 0 unspecified atom stereocenters. The van der Waals surface area contributed by atoms with Gasteiger partial charge in [-0.3, -0.25) is 14.0 Å². The van der Waals surface area contributed by atoms with Gasteiger partial charge >= 0.3 is 0 Å². The summed E-state index contributed by atoms with van der Waals surface area (Å²) in [7, 11) is 1.56. The molecule has 3 aromatic rings. The lowest BCUT2D eigenvalue weighted by Crippen LogP contribution is -2.17. The zero-order valence-corrected chi connectivity index (χ0v) is 15.0. The van der Waals surface area contributed by atoms with Gasteiger partial charge in [-0.1, -0.05) is 11.6 Å². The fraction of sp³-hybridized carbons (Fsp3) is 0.167. The minimum absolute atomic E-state index is 0.163. The first-order chi connectivity index (χ1) is 12.5. The van der Waals surface area contributed by atoms with Crippen molar-refractivity contribution in [2.24, 2.45) is 0 Å². The lowest BCUT2D eigenvalue weighted by Gasteiger charge is -2.13. The second kappa shape index (κ2) is 7.45. The Balaban J connectivity index is 1.86. The van der Waals surface area contributed by atoms with Gasteiger partial charge in [-0.2, -0.15) is 0 Å². The third-order valence-corrected chi connectivity index (χ3v) is 3.88. The summed E-state index contributed by atoms with van der Waals surface area (Å²) >= 11 is 5.91. The monoisotopic (exact) mass is 372 g/mol. The molecule has 1 aromatic carbocycles. The van der Waals surface area contributed by atoms with E-state index < -0.39 is 0 Å². The average molecular weight is 373 g/mol. The van der Waals surface area contributed by atoms with Gasteiger partial charge in [-0.25, -0.2) is 4.98 Å². The van der Waals surface area contributed by atoms with Crippen LogP contribution in [0, 0.1) is 0 Å². The van der Waals surface area contributed by atoms with Gasteiger partial charge < -0.3 is 15.4 Å². The Morgan fingerprint density at radius 1 is 1.27 bits per heavy atom. The summed E-state index contributed by atoms with van der Waals surface area (Å²) in [6, 6.07) is 10.1. The van der Waals surface area contributed by atoms with Gasteiger partial charge in [0.1, 0.15) is 11.4 Å². The second-order valence-corrected chi connectivity index (χ2v) is 6.05. The van der Waals surface area contributed by atoms with Crippen LogP contribution in [0.4, 0.5) is 11.4 Å². The second-order valence-electron chi connectivity index (χ2n) is 5.61. The van der Waals surface area contributed by atoms with Gasteiger partial charge in [-0.15, -0.1) is 0 Å². The third kappa shape index (κ3) is 3.94. The van der Waals surface area contributed by atoms with Crippen LogP contribution in [0.25, 0.3) is 5.65 Å². The van der Waals surface area contributed by atoms with Gasteiger partial charge in [0, 0.05) is 24.9 Å². The molecule has 0 aliphatic carbocycles. The normalized spacial score (nSPS) is 10.6. The summed E-state index contributed by atoms with van der Waals surface area (Å²) in [4.78, 5) is 27.9. The van der Waals surface area contributed by atoms with Gasteiger partial charge in [0.2, 0.25) is 5.91 Å². The summed E-state index contributed by atoms with van der Waals surface area (Å²) < 4.78 is 6.72. The van der Waals surface area contributed by atoms with Crippen LogP contribution in [0.5, 0.6) is 5.75 Å². The maximum absolute atomic E-state index is 12.2. The number of halogens is 1. The molecular formula is C18H17ClN4O3. The molecule has 26 heavy (non-hydrogen) atoms. The van der Waals surface area contributed by atoms with Crippen LogP contribution in [-0.2, 0) is 11.3 Å². The number of aromatic nitrogens is 2. The Labute approximate surface area is 154 Å². The van der Waals surface area contributed by atoms with Crippen LogP contribution in [0.3, 0.4) is 0 Å². The third-order valence-electron chi connectivity index (χ3n) is 3.66. The maximum Gasteiger partial charge on any atom is 0.258 e. The van der Waals surface area contributed by atoms with E-state index in [1.54, 1.807) is 37.4 Å². The molecule has 0 saturated heterocycles. The van der Waals surface area contributed by atoms with E-state index in [2.05, 4.69) is 15.6 Å². The smallest absolute Gasteiger partial charge is 0.258 e. The van der Waals surface area contributed by atoms with Crippen molar-refractivity contribution in [1.29, 1.82) is 0 Å². The molecule has 8 heteroatoms. The van der Waals surface area contributed by atoms with E-state index in [-0.39, 0.29) is 11.5 Å². The number of fused-ring (bicyclic) bond motifs is 1. The number of pyridine rings is 1. The number of anilines is 2. The van der Waals surface area contributed by atoms with Crippen molar-refractivity contribution < 1.29 is 9.53 Å². The van der Waals surface area contributed by atoms with Crippen LogP contribution < -0.4 is 20.9 Å². The zero-order chi connectivity index (χ0) is 18.7. The highest BCUT2D eigenvalue weighted by atomic mass is 35.5. The van der Waals surface area contributed by atoms with Crippen molar-refractivity contribution in [2.75, 3.05) is 17.7 Å². The fourth-order valence-electron chi connectivity index (χ4n) is 2.53. The Bertz CT molecular complexity index is 1030. The molecule has 3 rings (SSSR count). The van der Waals surface area contributed by atoms with Crippen molar-refractivity contribution in [3.63, 3.8) is 0 Å². The quantitative estimate of drug-likeness (QED) is 0.719. The highest BCUT2D eigenvalue weighted by Crippen LogP contribution is 2.28. The van der Waals surface area contributed by atoms with Gasteiger partial charge in [0.25, 0.3) is 5.56 Å². The maximum atomic E-state index is 12.2. The molecule has 0 spiro atoms. The minimum Gasteiger partial charge on any atom is -0.495 e. The van der Waals surface area contributed by atoms with E-state index in [4.69, 9.17) is 16.3 Å². The first-order valence-corrected chi connectivity index (χ1v) is 8.21. The topological polar surface area (TPSA) is 84.7 Å². The SMILES string of the molecule is COc1ccc(NC(C)=O)cc1NCc1cc(=O)n2cc(Cl)ccc2n1. The van der Waals surface area contributed by atoms with Crippen LogP contribution in [0.1, 0.15) is 12.6 Å². The Morgan fingerprint density at radius 3 is 2.81 bits per heavy atom. The van der Waals surface area contributed by atoms with E-state index >= 15 is 0 Å². The molecule has 2 N–H and O–H groups in total. The summed E-state index contributed by atoms with van der Waals surface area (Å²) in [5.74, 6) is 0.451. The molecular weight excluding hydrogens is 356 g/mol. The van der Waals surface area contributed by atoms with Gasteiger partial charge in [-0.05, 0) is 30.3 Å². The number of nitrogens with one attached hydrogen (secondary N) is 2. The van der Waals surface area contributed by atoms with E-state index in [0.29, 0.717) is 40.0 Å². The molecule has 0 fully saturated rings. The lowest BCUT2D eigenvalue weighted by molar-refractivity contribution is -0.114. The standard InChI is InChI=1S/C18H17ClN4O3/c1-11(24)21-13-4-5-16(26-2)15(7-13)20-9-14-8-18(25)23-10-12(19)3-6-17(23)22-14/h3-8,10,20H,9H2,1-2H3,(H,21,24). The van der Waals surface area contributed by atoms with Crippen LogP contribution in [0.15, 0.2) is 47.4 Å². The predicted octanol–water partition coefficient (Wildman–Crippen LogP) is 2.93. The molecule has 7 nitrogen and oxygen atoms in total. The van der Waals surface area contributed by atoms with Crippen LogP contribution >= 0.6 is 11.6 Å². The number of methoxy groups -OCH3 is 1. The zero-order valence-electron chi connectivity index (χ0n) is 14.2. The fourth-order valence-corrected chi connectivity index (χ4v) is 2.69. The predicted molar refractivity (Wildman–Crippen MR) is 101 cm³/mol. The molecule has 134 valence electrons. The highest BCUT2D eigenvalue weighted by Gasteiger charge is 2.08. The van der Waals surface area contributed by atoms with E-state index in [0.717, 1.165) is 0 Å². The van der Waals surface area contributed by atoms with Crippen LogP contribution in [0.2, 0.25) is 5.02 Å². The number of carbonyl (C=O) groups excluding carboxylic acids is 1. The molecule has 0 atom stereocenters. The number of carbonyl (C=O) groups is 1. The minimum atomic E-state index is -0.215. The highest BCUT2D eigenvalue weighted by molar-refractivity contribution is 6.30. The first-order valence-electron chi connectivity index (χ1n) is 7.83. The van der Waals surface area contributed by atoms with Crippen molar-refractivity contribution in [3.05, 3.63) is 63.7 Å². The van der Waals surface area contributed by atoms with Gasteiger partial charge in [0.05, 0.1) is 30.1 Å². The van der Waals surface area contributed by atoms with E-state index in [1.165, 1.54) is 23.6 Å². The van der Waals surface area contributed by atoms with Crippen molar-refractivity contribution in [2.45, 2.75) is 13.5 Å². The summed E-state index contributed by atoms with van der Waals surface area (Å²) in [5, 5.41) is 6.37. The number of benzene rings is 1. The molecule has 2 heterocycles. The number of hydrogen-bond donors (Lipinski definition) is 2. The van der Waals surface area contributed by atoms with E-state index in [1.807, 2.05) is 0 Å². The molecule has 0 aliphatic heterocycles. The molecule has 2 aromatic heterocycles. The average Bonchev–Trinajstić information content (AvgIpc) is 2.60. The molecule has 0 bridgehead atoms. The number of ether oxygens (including phenoxy) is 1. The largest absolute Gasteiger partial charge is 0.495 e. The molecule has 1 amide bonds. The molecule has 0 saturated carbocycles. The van der Waals surface area contributed by atoms with Crippen molar-refractivity contribution in [3.8, 4) is 5.75 Å². The van der Waals surface area contributed by atoms with Crippen molar-refractivity contribution in [1.82, 2.24) is 9.38 Å². The van der Waals surface area contributed by atoms with Gasteiger partial charge in [0.15, 0.2) is 0 Å². The van der Waals surface area contributed by atoms with Crippen molar-refractivity contribution >= 4 is 34.5 Å². The lowest BCUT2D eigenvalue weighted by atomic mass is 10.2. The summed E-state index contributed by atoms with van der Waals surface area (Å²) in [5.41, 5.74) is 2.19. The number of amides is 1. The molecule has 0 radical (unpaired) electrons. The Kier molecular flexibility index (Phi) is 5.09. The Hall–Kier alpha value is -3.06. The number of hydrogen-bond acceptors (Lipinski definition) is 5. The number of rotatable bonds is 5. The summed E-state index contributed by atoms with van der Waals surface area (Å²) in [6.07, 6.45) is 1.53. The number of nitrogens with zero attached hydrogens (tertiary/aromatic N) is 2. The van der Waals surface area contributed by atoms with E-state index in [9.17, 15) is 9.59 Å². The summed E-state index contributed by atoms with van der Waals surface area (Å²) in [6.45, 7) is 1.75.